The third-order valence-corrected chi connectivity index (χ3v) is 7.49. The van der Waals surface area contributed by atoms with Gasteiger partial charge in [-0.2, -0.15) is 13.2 Å². The van der Waals surface area contributed by atoms with Crippen LogP contribution in [0.4, 0.5) is 18.0 Å². The number of pyridine rings is 1. The van der Waals surface area contributed by atoms with Crippen molar-refractivity contribution >= 4 is 22.8 Å². The van der Waals surface area contributed by atoms with Gasteiger partial charge in [-0.05, 0) is 56.0 Å². The van der Waals surface area contributed by atoms with E-state index in [1.165, 1.54) is 17.2 Å². The Kier molecular flexibility index (Phi) is 7.97. The Morgan fingerprint density at radius 1 is 1.07 bits per heavy atom. The Labute approximate surface area is 235 Å². The quantitative estimate of drug-likeness (QED) is 0.213. The van der Waals surface area contributed by atoms with Crippen LogP contribution in [0.2, 0.25) is 0 Å². The monoisotopic (exact) mass is 571 g/mol. The van der Waals surface area contributed by atoms with Crippen LogP contribution in [-0.2, 0) is 22.9 Å². The predicted molar refractivity (Wildman–Crippen MR) is 145 cm³/mol. The molecule has 1 atom stereocenters. The summed E-state index contributed by atoms with van der Waals surface area (Å²) in [7, 11) is 0. The van der Waals surface area contributed by atoms with Gasteiger partial charge >= 0.3 is 12.2 Å². The molecule has 8 nitrogen and oxygen atoms in total. The Morgan fingerprint density at radius 3 is 2.63 bits per heavy atom. The highest BCUT2D eigenvalue weighted by atomic mass is 19.4. The van der Waals surface area contributed by atoms with Gasteiger partial charge in [0.1, 0.15) is 11.3 Å². The average molecular weight is 572 g/mol. The van der Waals surface area contributed by atoms with Crippen molar-refractivity contribution in [3.8, 4) is 17.2 Å². The molecule has 1 fully saturated rings. The molecule has 0 aliphatic carbocycles. The number of nitrogens with one attached hydrogen (secondary N) is 1. The zero-order valence-electron chi connectivity index (χ0n) is 23.0. The third-order valence-electron chi connectivity index (χ3n) is 7.49. The van der Waals surface area contributed by atoms with Crippen LogP contribution in [0, 0.1) is 0 Å². The van der Waals surface area contributed by atoms with E-state index in [2.05, 4.69) is 10.3 Å². The molecule has 1 aromatic heterocycles. The molecule has 3 aromatic rings. The average Bonchev–Trinajstić information content (AvgIpc) is 3.50. The number of carbonyl (C=O) groups excluding carboxylic acids is 2. The Bertz CT molecular complexity index is 1460. The number of fused-ring (bicyclic) bond motifs is 2. The molecule has 3 heterocycles. The number of aromatic nitrogens is 1. The van der Waals surface area contributed by atoms with E-state index in [1.54, 1.807) is 31.2 Å². The summed E-state index contributed by atoms with van der Waals surface area (Å²) in [5, 5.41) is 3.16. The van der Waals surface area contributed by atoms with Gasteiger partial charge in [-0.3, -0.25) is 14.7 Å². The molecule has 11 heteroatoms. The van der Waals surface area contributed by atoms with Crippen molar-refractivity contribution in [3.63, 3.8) is 0 Å². The molecule has 2 aliphatic heterocycles. The van der Waals surface area contributed by atoms with Crippen LogP contribution in [-0.4, -0.2) is 41.8 Å². The summed E-state index contributed by atoms with van der Waals surface area (Å²) in [5.41, 5.74) is -0.688. The highest BCUT2D eigenvalue weighted by molar-refractivity contribution is 6.07. The molecule has 0 spiro atoms. The third kappa shape index (κ3) is 5.62. The molecule has 2 aromatic carbocycles. The first-order valence-electron chi connectivity index (χ1n) is 13.8. The van der Waals surface area contributed by atoms with E-state index in [9.17, 15) is 22.8 Å². The molecule has 5 rings (SSSR count). The Hall–Kier alpha value is -4.02. The van der Waals surface area contributed by atoms with Gasteiger partial charge in [-0.1, -0.05) is 38.3 Å². The van der Waals surface area contributed by atoms with Crippen molar-refractivity contribution in [3.05, 3.63) is 59.3 Å². The van der Waals surface area contributed by atoms with Crippen LogP contribution >= 0.6 is 0 Å². The second-order valence-electron chi connectivity index (χ2n) is 10.4. The molecule has 1 saturated heterocycles. The zero-order chi connectivity index (χ0) is 29.2. The Morgan fingerprint density at radius 2 is 1.85 bits per heavy atom. The van der Waals surface area contributed by atoms with Crippen molar-refractivity contribution in [1.29, 1.82) is 0 Å². The predicted octanol–water partition coefficient (Wildman–Crippen LogP) is 6.34. The highest BCUT2D eigenvalue weighted by Crippen LogP contribution is 2.39. The molecule has 0 saturated carbocycles. The first-order chi connectivity index (χ1) is 19.6. The van der Waals surface area contributed by atoms with Crippen LogP contribution < -0.4 is 19.5 Å². The fraction of sp³-hybridized carbons (Fsp3) is 0.433. The van der Waals surface area contributed by atoms with E-state index in [-0.39, 0.29) is 24.8 Å². The maximum atomic E-state index is 13.5. The van der Waals surface area contributed by atoms with Crippen LogP contribution in [0.5, 0.6) is 17.2 Å². The van der Waals surface area contributed by atoms with Crippen molar-refractivity contribution in [2.75, 3.05) is 19.9 Å². The van der Waals surface area contributed by atoms with E-state index in [0.717, 1.165) is 30.9 Å². The number of hydrogen-bond acceptors (Lipinski definition) is 6. The lowest BCUT2D eigenvalue weighted by Crippen LogP contribution is -2.41. The summed E-state index contributed by atoms with van der Waals surface area (Å²) in [6, 6.07) is 8.77. The maximum Gasteiger partial charge on any atom is 0.418 e. The lowest BCUT2D eigenvalue weighted by Gasteiger charge is -2.22. The molecule has 218 valence electrons. The van der Waals surface area contributed by atoms with E-state index in [1.807, 2.05) is 6.92 Å². The largest absolute Gasteiger partial charge is 0.493 e. The van der Waals surface area contributed by atoms with Gasteiger partial charge in [-0.15, -0.1) is 0 Å². The second kappa shape index (κ2) is 11.5. The van der Waals surface area contributed by atoms with E-state index in [0.29, 0.717) is 54.1 Å². The van der Waals surface area contributed by atoms with Gasteiger partial charge in [0.15, 0.2) is 11.5 Å². The highest BCUT2D eigenvalue weighted by Gasteiger charge is 2.49. The first-order valence-corrected chi connectivity index (χ1v) is 13.8. The molecule has 3 amide bonds. The molecule has 0 radical (unpaired) electrons. The number of carbonyl (C=O) groups is 2. The molecule has 0 bridgehead atoms. The first kappa shape index (κ1) is 28.5. The molecule has 41 heavy (non-hydrogen) atoms. The smallest absolute Gasteiger partial charge is 0.418 e. The fourth-order valence-corrected chi connectivity index (χ4v) is 5.29. The molecular formula is C30H32F3N3O5. The van der Waals surface area contributed by atoms with Crippen LogP contribution in [0.3, 0.4) is 0 Å². The number of unbranched alkanes of at least 4 members (excludes halogenated alkanes) is 3. The summed E-state index contributed by atoms with van der Waals surface area (Å²) in [6.45, 7) is 4.39. The number of benzene rings is 2. The number of ether oxygens (including phenoxy) is 3. The van der Waals surface area contributed by atoms with Crippen LogP contribution in [0.25, 0.3) is 10.9 Å². The number of para-hydroxylation sites is 1. The maximum absolute atomic E-state index is 13.5. The Balaban J connectivity index is 1.14. The number of amides is 3. The number of urea groups is 1. The fourth-order valence-electron chi connectivity index (χ4n) is 5.29. The SMILES string of the molecule is CCCc1cnc2c(C(F)(F)F)cccc2c1OCCCCCCN1C(=O)NC(C)(c2ccc3c(c2)OCO3)C1=O. The van der Waals surface area contributed by atoms with Gasteiger partial charge < -0.3 is 19.5 Å². The lowest BCUT2D eigenvalue weighted by molar-refractivity contribution is -0.136. The summed E-state index contributed by atoms with van der Waals surface area (Å²) in [4.78, 5) is 31.2. The zero-order valence-corrected chi connectivity index (χ0v) is 23.0. The van der Waals surface area contributed by atoms with Gasteiger partial charge in [0.05, 0.1) is 17.7 Å². The number of imide groups is 1. The van der Waals surface area contributed by atoms with Crippen molar-refractivity contribution in [1.82, 2.24) is 15.2 Å². The minimum absolute atomic E-state index is 0.115. The molecule has 1 N–H and O–H groups in total. The number of hydrogen-bond donors (Lipinski definition) is 1. The van der Waals surface area contributed by atoms with Gasteiger partial charge in [0.25, 0.3) is 5.91 Å². The van der Waals surface area contributed by atoms with Gasteiger partial charge in [-0.25, -0.2) is 4.79 Å². The van der Waals surface area contributed by atoms with Crippen LogP contribution in [0.1, 0.15) is 62.6 Å². The standard InChI is InChI=1S/C30H32F3N3O5/c1-3-9-19-17-34-25-21(10-8-11-22(25)30(31,32)33)26(19)39-15-7-5-4-6-14-36-27(37)29(2,35-28(36)38)20-12-13-23-24(16-20)41-18-40-23/h8,10-13,16-17H,3-7,9,14-15,18H2,1-2H3,(H,35,38). The summed E-state index contributed by atoms with van der Waals surface area (Å²) in [5.74, 6) is 1.26. The van der Waals surface area contributed by atoms with E-state index in [4.69, 9.17) is 14.2 Å². The number of rotatable bonds is 11. The molecule has 1 unspecified atom stereocenters. The lowest BCUT2D eigenvalue weighted by atomic mass is 9.91. The van der Waals surface area contributed by atoms with E-state index < -0.39 is 23.3 Å². The number of aryl methyl sites for hydroxylation is 1. The van der Waals surface area contributed by atoms with Crippen molar-refractivity contribution in [2.24, 2.45) is 0 Å². The topological polar surface area (TPSA) is 90.0 Å². The van der Waals surface area contributed by atoms with Crippen LogP contribution in [0.15, 0.2) is 42.6 Å². The summed E-state index contributed by atoms with van der Waals surface area (Å²) < 4.78 is 57.3. The second-order valence-corrected chi connectivity index (χ2v) is 10.4. The number of halogens is 3. The van der Waals surface area contributed by atoms with E-state index >= 15 is 0 Å². The summed E-state index contributed by atoms with van der Waals surface area (Å²) >= 11 is 0. The number of alkyl halides is 3. The number of nitrogens with zero attached hydrogens (tertiary/aromatic N) is 2. The minimum atomic E-state index is -4.51. The summed E-state index contributed by atoms with van der Waals surface area (Å²) in [6.07, 6.45) is 1.22. The van der Waals surface area contributed by atoms with Gasteiger partial charge in [0, 0.05) is 23.7 Å². The van der Waals surface area contributed by atoms with Crippen molar-refractivity contribution < 1.29 is 37.0 Å². The van der Waals surface area contributed by atoms with Crippen molar-refractivity contribution in [2.45, 2.75) is 64.1 Å². The minimum Gasteiger partial charge on any atom is -0.493 e. The normalized spacial score (nSPS) is 18.3. The van der Waals surface area contributed by atoms with Gasteiger partial charge in [0.2, 0.25) is 6.79 Å². The molecule has 2 aliphatic rings. The molecular weight excluding hydrogens is 539 g/mol.